The molecule has 1 saturated carbocycles. The lowest BCUT2D eigenvalue weighted by atomic mass is 9.89. The molecule has 1 aliphatic carbocycles. The minimum absolute atomic E-state index is 0.134. The van der Waals surface area contributed by atoms with Gasteiger partial charge in [-0.25, -0.2) is 0 Å². The zero-order valence-corrected chi connectivity index (χ0v) is 5.45. The molecule has 0 bridgehead atoms. The van der Waals surface area contributed by atoms with Crippen molar-refractivity contribution in [3.63, 3.8) is 0 Å². The minimum atomic E-state index is -1.08. The molecule has 0 atom stereocenters. The third-order valence-electron chi connectivity index (χ3n) is 1.90. The van der Waals surface area contributed by atoms with Crippen molar-refractivity contribution < 1.29 is 10.2 Å². The van der Waals surface area contributed by atoms with Crippen molar-refractivity contribution in [2.45, 2.75) is 32.0 Å². The summed E-state index contributed by atoms with van der Waals surface area (Å²) in [6.07, 6.45) is 5.09. The van der Waals surface area contributed by atoms with Crippen molar-refractivity contribution >= 4 is 0 Å². The number of hydrogen-bond acceptors (Lipinski definition) is 2. The average molecular weight is 129 g/mol. The lowest BCUT2D eigenvalue weighted by molar-refractivity contribution is -0.0903. The predicted molar refractivity (Wildman–Crippen MR) is 34.5 cm³/mol. The van der Waals surface area contributed by atoms with E-state index in [-0.39, 0.29) is 5.92 Å². The molecule has 9 heavy (non-hydrogen) atoms. The summed E-state index contributed by atoms with van der Waals surface area (Å²) in [5.74, 6) is 0.134. The first-order valence-electron chi connectivity index (χ1n) is 3.48. The highest BCUT2D eigenvalue weighted by molar-refractivity contribution is 4.77. The fourth-order valence-corrected chi connectivity index (χ4v) is 1.25. The van der Waals surface area contributed by atoms with Gasteiger partial charge in [-0.15, -0.1) is 0 Å². The summed E-state index contributed by atoms with van der Waals surface area (Å²) in [7, 11) is 0. The molecule has 2 nitrogen and oxygen atoms in total. The molecule has 0 aliphatic heterocycles. The van der Waals surface area contributed by atoms with Gasteiger partial charge < -0.3 is 10.2 Å². The van der Waals surface area contributed by atoms with Gasteiger partial charge in [0.05, 0.1) is 0 Å². The second-order valence-corrected chi connectivity index (χ2v) is 2.62. The quantitative estimate of drug-likeness (QED) is 0.511. The highest BCUT2D eigenvalue weighted by atomic mass is 16.5. The van der Waals surface area contributed by atoms with Crippen LogP contribution in [-0.2, 0) is 0 Å². The predicted octanol–water partition coefficient (Wildman–Crippen LogP) is 0.692. The summed E-state index contributed by atoms with van der Waals surface area (Å²) in [5.41, 5.74) is 0. The van der Waals surface area contributed by atoms with E-state index in [2.05, 4.69) is 6.42 Å². The summed E-state index contributed by atoms with van der Waals surface area (Å²) in [5, 5.41) is 17.4. The van der Waals surface area contributed by atoms with Crippen molar-refractivity contribution in [2.24, 2.45) is 5.92 Å². The third-order valence-corrected chi connectivity index (χ3v) is 1.90. The summed E-state index contributed by atoms with van der Waals surface area (Å²) >= 11 is 0. The summed E-state index contributed by atoms with van der Waals surface area (Å²) in [4.78, 5) is 0. The maximum atomic E-state index is 8.72. The molecule has 1 rings (SSSR count). The number of hydrogen-bond donors (Lipinski definition) is 2. The highest BCUT2D eigenvalue weighted by Gasteiger charge is 2.18. The van der Waals surface area contributed by atoms with E-state index in [4.69, 9.17) is 10.2 Å². The van der Waals surface area contributed by atoms with Crippen molar-refractivity contribution in [1.29, 1.82) is 0 Å². The molecule has 1 radical (unpaired) electrons. The van der Waals surface area contributed by atoms with Gasteiger partial charge in [0.2, 0.25) is 0 Å². The van der Waals surface area contributed by atoms with Crippen LogP contribution in [0.5, 0.6) is 0 Å². The monoisotopic (exact) mass is 129 g/mol. The van der Waals surface area contributed by atoms with Crippen LogP contribution in [0.3, 0.4) is 0 Å². The maximum absolute atomic E-state index is 8.72. The summed E-state index contributed by atoms with van der Waals surface area (Å²) < 4.78 is 0. The van der Waals surface area contributed by atoms with Crippen molar-refractivity contribution in [3.8, 4) is 0 Å². The lowest BCUT2D eigenvalue weighted by Gasteiger charge is -2.22. The van der Waals surface area contributed by atoms with E-state index in [1.165, 1.54) is 0 Å². The van der Waals surface area contributed by atoms with Crippen molar-refractivity contribution in [2.75, 3.05) is 0 Å². The fourth-order valence-electron chi connectivity index (χ4n) is 1.25. The first-order chi connectivity index (χ1) is 4.30. The molecule has 0 aromatic carbocycles. The Kier molecular flexibility index (Phi) is 2.49. The van der Waals surface area contributed by atoms with E-state index in [0.717, 1.165) is 25.7 Å². The molecule has 1 fully saturated rings. The molecular weight excluding hydrogens is 116 g/mol. The Morgan fingerprint density at radius 3 is 2.11 bits per heavy atom. The van der Waals surface area contributed by atoms with Gasteiger partial charge >= 0.3 is 0 Å². The highest BCUT2D eigenvalue weighted by Crippen LogP contribution is 2.24. The SMILES string of the molecule is OC(O)C1CC[CH]CC1. The normalized spacial score (nSPS) is 23.0. The second-order valence-electron chi connectivity index (χ2n) is 2.62. The fraction of sp³-hybridized carbons (Fsp3) is 0.857. The Hall–Kier alpha value is -0.0800. The minimum Gasteiger partial charge on any atom is -0.368 e. The summed E-state index contributed by atoms with van der Waals surface area (Å²) in [6.45, 7) is 0. The standard InChI is InChI=1S/C7H13O2/c8-7(9)6-4-2-1-3-5-6/h1,6-9H,2-5H2. The van der Waals surface area contributed by atoms with Crippen LogP contribution >= 0.6 is 0 Å². The Labute approximate surface area is 55.5 Å². The van der Waals surface area contributed by atoms with Crippen LogP contribution in [-0.4, -0.2) is 16.5 Å². The van der Waals surface area contributed by atoms with E-state index >= 15 is 0 Å². The van der Waals surface area contributed by atoms with Gasteiger partial charge in [-0.3, -0.25) is 0 Å². The molecule has 0 aromatic rings. The van der Waals surface area contributed by atoms with E-state index in [9.17, 15) is 0 Å². The molecule has 0 heterocycles. The average Bonchev–Trinajstić information content (AvgIpc) is 1.90. The van der Waals surface area contributed by atoms with E-state index in [1.54, 1.807) is 0 Å². The second kappa shape index (κ2) is 3.18. The van der Waals surface area contributed by atoms with Gasteiger partial charge in [-0.1, -0.05) is 0 Å². The van der Waals surface area contributed by atoms with E-state index in [0.29, 0.717) is 0 Å². The topological polar surface area (TPSA) is 40.5 Å². The Balaban J connectivity index is 2.23. The Bertz CT molecular complexity index is 75.0. The van der Waals surface area contributed by atoms with Crippen LogP contribution in [0.4, 0.5) is 0 Å². The van der Waals surface area contributed by atoms with E-state index < -0.39 is 6.29 Å². The van der Waals surface area contributed by atoms with Crippen molar-refractivity contribution in [3.05, 3.63) is 6.42 Å². The van der Waals surface area contributed by atoms with Gasteiger partial charge in [0, 0.05) is 5.92 Å². The molecule has 0 spiro atoms. The first-order valence-corrected chi connectivity index (χ1v) is 3.48. The number of aliphatic hydroxyl groups excluding tert-OH is 1. The van der Waals surface area contributed by atoms with Gasteiger partial charge in [0.1, 0.15) is 0 Å². The Morgan fingerprint density at radius 2 is 1.78 bits per heavy atom. The first kappa shape index (κ1) is 7.03. The van der Waals surface area contributed by atoms with Gasteiger partial charge in [0.15, 0.2) is 6.29 Å². The van der Waals surface area contributed by atoms with Crippen LogP contribution < -0.4 is 0 Å². The van der Waals surface area contributed by atoms with Gasteiger partial charge in [0.25, 0.3) is 0 Å². The number of aliphatic hydroxyl groups is 2. The largest absolute Gasteiger partial charge is 0.368 e. The molecule has 53 valence electrons. The molecule has 0 saturated heterocycles. The van der Waals surface area contributed by atoms with Crippen LogP contribution in [0.1, 0.15) is 25.7 Å². The molecular formula is C7H13O2. The third kappa shape index (κ3) is 1.95. The van der Waals surface area contributed by atoms with Crippen LogP contribution in [0.25, 0.3) is 0 Å². The molecule has 2 N–H and O–H groups in total. The van der Waals surface area contributed by atoms with Crippen molar-refractivity contribution in [1.82, 2.24) is 0 Å². The zero-order chi connectivity index (χ0) is 6.69. The zero-order valence-electron chi connectivity index (χ0n) is 5.45. The van der Waals surface area contributed by atoms with Crippen LogP contribution in [0.2, 0.25) is 0 Å². The van der Waals surface area contributed by atoms with E-state index in [1.807, 2.05) is 0 Å². The molecule has 2 heteroatoms. The van der Waals surface area contributed by atoms with Crippen LogP contribution in [0.15, 0.2) is 0 Å². The van der Waals surface area contributed by atoms with Gasteiger partial charge in [-0.2, -0.15) is 0 Å². The molecule has 0 amide bonds. The lowest BCUT2D eigenvalue weighted by Crippen LogP contribution is -2.21. The molecule has 0 aromatic heterocycles. The molecule has 1 aliphatic rings. The van der Waals surface area contributed by atoms with Crippen LogP contribution in [0, 0.1) is 12.3 Å². The smallest absolute Gasteiger partial charge is 0.154 e. The summed E-state index contributed by atoms with van der Waals surface area (Å²) in [6, 6.07) is 0. The number of rotatable bonds is 1. The maximum Gasteiger partial charge on any atom is 0.154 e. The van der Waals surface area contributed by atoms with Gasteiger partial charge in [-0.05, 0) is 32.1 Å². The molecule has 0 unspecified atom stereocenters. The Morgan fingerprint density at radius 1 is 1.22 bits per heavy atom.